The van der Waals surface area contributed by atoms with Crippen LogP contribution in [-0.2, 0) is 0 Å². The third kappa shape index (κ3) is 2.46. The normalized spacial score (nSPS) is 11.6. The van der Waals surface area contributed by atoms with Crippen molar-refractivity contribution in [2.75, 3.05) is 0 Å². The minimum Gasteiger partial charge on any atom is -0.192 e. The molecule has 2 nitrogen and oxygen atoms in total. The summed E-state index contributed by atoms with van der Waals surface area (Å²) in [5, 5.41) is 30.8. The first-order valence-electron chi connectivity index (χ1n) is 10.7. The number of nitriles is 2. The van der Waals surface area contributed by atoms with Gasteiger partial charge in [0.1, 0.15) is 12.1 Å². The minimum atomic E-state index is 0.417. The SMILES string of the molecule is N#Cc1cc2c(cc1C#N)c1cc3c(cc1c1cc4ccccc4cc21)sc1ccccc13. The van der Waals surface area contributed by atoms with Gasteiger partial charge < -0.3 is 0 Å². The molecular weight excluding hydrogens is 420 g/mol. The number of rotatable bonds is 0. The van der Waals surface area contributed by atoms with Crippen molar-refractivity contribution in [3.05, 3.63) is 96.1 Å². The van der Waals surface area contributed by atoms with Gasteiger partial charge in [0.15, 0.2) is 0 Å². The molecule has 0 aliphatic carbocycles. The summed E-state index contributed by atoms with van der Waals surface area (Å²) < 4.78 is 2.53. The van der Waals surface area contributed by atoms with E-state index < -0.39 is 0 Å². The second-order valence-corrected chi connectivity index (χ2v) is 9.49. The van der Waals surface area contributed by atoms with E-state index in [1.54, 1.807) is 0 Å². The van der Waals surface area contributed by atoms with E-state index >= 15 is 0 Å². The van der Waals surface area contributed by atoms with Crippen molar-refractivity contribution in [1.29, 1.82) is 10.5 Å². The Morgan fingerprint density at radius 2 is 0.970 bits per heavy atom. The molecule has 0 N–H and O–H groups in total. The molecule has 0 atom stereocenters. The van der Waals surface area contributed by atoms with Gasteiger partial charge in [-0.05, 0) is 85.6 Å². The lowest BCUT2D eigenvalue weighted by molar-refractivity contribution is 1.45. The monoisotopic (exact) mass is 434 g/mol. The number of fused-ring (bicyclic) bond motifs is 10. The van der Waals surface area contributed by atoms with Crippen LogP contribution in [0.5, 0.6) is 0 Å². The first-order chi connectivity index (χ1) is 16.2. The quantitative estimate of drug-likeness (QED) is 0.178. The van der Waals surface area contributed by atoms with Crippen LogP contribution in [-0.4, -0.2) is 0 Å². The first kappa shape index (κ1) is 18.2. The highest BCUT2D eigenvalue weighted by Crippen LogP contribution is 2.43. The van der Waals surface area contributed by atoms with Gasteiger partial charge in [0, 0.05) is 20.2 Å². The number of nitrogens with zero attached hydrogens (tertiary/aromatic N) is 2. The molecule has 150 valence electrons. The lowest BCUT2D eigenvalue weighted by Gasteiger charge is -2.13. The molecule has 1 aromatic heterocycles. The number of benzene rings is 6. The predicted molar refractivity (Wildman–Crippen MR) is 139 cm³/mol. The third-order valence-electron chi connectivity index (χ3n) is 6.67. The Morgan fingerprint density at radius 3 is 1.61 bits per heavy atom. The highest BCUT2D eigenvalue weighted by atomic mass is 32.1. The van der Waals surface area contributed by atoms with Crippen LogP contribution in [0.2, 0.25) is 0 Å². The van der Waals surface area contributed by atoms with E-state index in [4.69, 9.17) is 0 Å². The maximum Gasteiger partial charge on any atom is 0.101 e. The van der Waals surface area contributed by atoms with Crippen LogP contribution in [0.3, 0.4) is 0 Å². The summed E-state index contributed by atoms with van der Waals surface area (Å²) in [7, 11) is 0. The summed E-state index contributed by atoms with van der Waals surface area (Å²) in [5.41, 5.74) is 0.836. The highest BCUT2D eigenvalue weighted by Gasteiger charge is 2.15. The molecule has 0 spiro atoms. The van der Waals surface area contributed by atoms with E-state index in [0.717, 1.165) is 26.9 Å². The van der Waals surface area contributed by atoms with E-state index in [-0.39, 0.29) is 0 Å². The van der Waals surface area contributed by atoms with Crippen molar-refractivity contribution < 1.29 is 0 Å². The van der Waals surface area contributed by atoms with Gasteiger partial charge in [-0.2, -0.15) is 10.5 Å². The van der Waals surface area contributed by atoms with Crippen LogP contribution < -0.4 is 0 Å². The molecule has 33 heavy (non-hydrogen) atoms. The average molecular weight is 435 g/mol. The second-order valence-electron chi connectivity index (χ2n) is 8.40. The van der Waals surface area contributed by atoms with Crippen molar-refractivity contribution in [3.63, 3.8) is 0 Å². The maximum absolute atomic E-state index is 9.72. The van der Waals surface area contributed by atoms with E-state index in [1.807, 2.05) is 29.5 Å². The molecule has 0 amide bonds. The zero-order valence-corrected chi connectivity index (χ0v) is 18.2. The highest BCUT2D eigenvalue weighted by molar-refractivity contribution is 7.25. The van der Waals surface area contributed by atoms with Gasteiger partial charge in [0.2, 0.25) is 0 Å². The summed E-state index contributed by atoms with van der Waals surface area (Å²) >= 11 is 1.81. The summed E-state index contributed by atoms with van der Waals surface area (Å²) in [6.07, 6.45) is 0. The fourth-order valence-corrected chi connectivity index (χ4v) is 6.26. The maximum atomic E-state index is 9.72. The molecule has 0 fully saturated rings. The first-order valence-corrected chi connectivity index (χ1v) is 11.5. The Morgan fingerprint density at radius 1 is 0.455 bits per heavy atom. The zero-order valence-electron chi connectivity index (χ0n) is 17.4. The largest absolute Gasteiger partial charge is 0.192 e. The molecular formula is C30H14N2S. The fourth-order valence-electron chi connectivity index (χ4n) is 5.13. The summed E-state index contributed by atoms with van der Waals surface area (Å²) in [4.78, 5) is 0. The molecule has 3 heteroatoms. The standard InChI is InChI=1S/C30H14N2S/c31-15-19-11-24-22-9-17-5-1-2-6-18(17)10-23(22)27-14-30-28(21-7-3-4-8-29(21)33-30)13-26(27)25(24)12-20(19)16-32/h1-14H. The molecule has 7 aromatic rings. The van der Waals surface area contributed by atoms with Gasteiger partial charge in [0.05, 0.1) is 11.1 Å². The van der Waals surface area contributed by atoms with E-state index in [0.29, 0.717) is 11.1 Å². The number of hydrogen-bond donors (Lipinski definition) is 0. The van der Waals surface area contributed by atoms with Gasteiger partial charge >= 0.3 is 0 Å². The van der Waals surface area contributed by atoms with Gasteiger partial charge in [-0.15, -0.1) is 11.3 Å². The van der Waals surface area contributed by atoms with Gasteiger partial charge in [0.25, 0.3) is 0 Å². The van der Waals surface area contributed by atoms with Gasteiger partial charge in [-0.1, -0.05) is 42.5 Å². The Labute approximate surface area is 193 Å². The van der Waals surface area contributed by atoms with Crippen molar-refractivity contribution in [1.82, 2.24) is 0 Å². The number of hydrogen-bond acceptors (Lipinski definition) is 3. The van der Waals surface area contributed by atoms with Gasteiger partial charge in [-0.3, -0.25) is 0 Å². The number of thiophene rings is 1. The molecule has 0 aliphatic heterocycles. The van der Waals surface area contributed by atoms with Crippen molar-refractivity contribution in [2.24, 2.45) is 0 Å². The summed E-state index contributed by atoms with van der Waals surface area (Å²) in [6, 6.07) is 34.1. The van der Waals surface area contributed by atoms with Crippen molar-refractivity contribution >= 4 is 74.6 Å². The van der Waals surface area contributed by atoms with Gasteiger partial charge in [-0.25, -0.2) is 0 Å². The van der Waals surface area contributed by atoms with Crippen molar-refractivity contribution in [3.8, 4) is 12.1 Å². The van der Waals surface area contributed by atoms with E-state index in [9.17, 15) is 10.5 Å². The molecule has 1 heterocycles. The fraction of sp³-hybridized carbons (Fsp3) is 0. The van der Waals surface area contributed by atoms with Crippen LogP contribution >= 0.6 is 11.3 Å². The second kappa shape index (κ2) is 6.53. The van der Waals surface area contributed by atoms with Crippen LogP contribution in [0.1, 0.15) is 11.1 Å². The predicted octanol–water partition coefficient (Wildman–Crippen LogP) is 8.41. The van der Waals surface area contributed by atoms with E-state index in [1.165, 1.54) is 36.3 Å². The average Bonchev–Trinajstić information content (AvgIpc) is 3.23. The Bertz CT molecular complexity index is 2050. The molecule has 0 saturated heterocycles. The molecule has 0 saturated carbocycles. The lowest BCUT2D eigenvalue weighted by atomic mass is 9.89. The molecule has 0 bridgehead atoms. The summed E-state index contributed by atoms with van der Waals surface area (Å²) in [6.45, 7) is 0. The molecule has 0 aliphatic rings. The third-order valence-corrected chi connectivity index (χ3v) is 7.81. The van der Waals surface area contributed by atoms with Crippen LogP contribution in [0.4, 0.5) is 0 Å². The Kier molecular flexibility index (Phi) is 3.59. The van der Waals surface area contributed by atoms with Crippen LogP contribution in [0, 0.1) is 22.7 Å². The molecule has 0 radical (unpaired) electrons. The lowest BCUT2D eigenvalue weighted by Crippen LogP contribution is -1.89. The summed E-state index contributed by atoms with van der Waals surface area (Å²) in [5.74, 6) is 0. The van der Waals surface area contributed by atoms with Crippen LogP contribution in [0.15, 0.2) is 84.9 Å². The molecule has 7 rings (SSSR count). The topological polar surface area (TPSA) is 47.6 Å². The smallest absolute Gasteiger partial charge is 0.101 e. The Hall–Kier alpha value is -4.44. The van der Waals surface area contributed by atoms with Crippen LogP contribution in [0.25, 0.3) is 63.3 Å². The zero-order chi connectivity index (χ0) is 22.1. The van der Waals surface area contributed by atoms with E-state index in [2.05, 4.69) is 78.9 Å². The van der Waals surface area contributed by atoms with Crippen molar-refractivity contribution in [2.45, 2.75) is 0 Å². The molecule has 6 aromatic carbocycles. The molecule has 0 unspecified atom stereocenters. The Balaban J connectivity index is 1.80. The minimum absolute atomic E-state index is 0.417.